The largest absolute Gasteiger partial charge is 0.368 e. The van der Waals surface area contributed by atoms with Crippen LogP contribution in [-0.4, -0.2) is 26.7 Å². The molecule has 1 aliphatic heterocycles. The van der Waals surface area contributed by atoms with Gasteiger partial charge in [-0.15, -0.1) is 0 Å². The van der Waals surface area contributed by atoms with Crippen molar-refractivity contribution in [2.45, 2.75) is 26.3 Å². The molecule has 0 saturated carbocycles. The summed E-state index contributed by atoms with van der Waals surface area (Å²) in [5.74, 6) is 1.14. The van der Waals surface area contributed by atoms with Crippen LogP contribution in [-0.2, 0) is 19.4 Å². The number of aromatic amines is 1. The van der Waals surface area contributed by atoms with Crippen LogP contribution in [0.2, 0.25) is 0 Å². The molecule has 1 aliphatic rings. The molecular formula is C16H18N6. The number of fused-ring (bicyclic) bond motifs is 2. The molecule has 3 aromatic rings. The quantitative estimate of drug-likeness (QED) is 0.756. The molecule has 1 aromatic carbocycles. The Morgan fingerprint density at radius 3 is 3.09 bits per heavy atom. The number of nitrogens with two attached hydrogens (primary N) is 1. The summed E-state index contributed by atoms with van der Waals surface area (Å²) in [5.41, 5.74) is 10.8. The molecule has 0 aliphatic carbocycles. The molecule has 0 amide bonds. The molecule has 0 spiro atoms. The number of rotatable bonds is 2. The Kier molecular flexibility index (Phi) is 2.96. The topological polar surface area (TPSA) is 83.7 Å². The van der Waals surface area contributed by atoms with Crippen LogP contribution in [0, 0.1) is 0 Å². The van der Waals surface area contributed by atoms with E-state index in [1.165, 1.54) is 16.7 Å². The van der Waals surface area contributed by atoms with Crippen LogP contribution in [0.3, 0.4) is 0 Å². The van der Waals surface area contributed by atoms with Gasteiger partial charge in [-0.25, -0.2) is 0 Å². The van der Waals surface area contributed by atoms with Gasteiger partial charge in [0.15, 0.2) is 5.65 Å². The Bertz CT molecular complexity index is 838. The van der Waals surface area contributed by atoms with Crippen molar-refractivity contribution >= 4 is 22.8 Å². The Labute approximate surface area is 128 Å². The first-order valence-corrected chi connectivity index (χ1v) is 7.57. The third-order valence-electron chi connectivity index (χ3n) is 4.35. The third kappa shape index (κ3) is 1.99. The van der Waals surface area contributed by atoms with Crippen LogP contribution >= 0.6 is 0 Å². The van der Waals surface area contributed by atoms with Gasteiger partial charge >= 0.3 is 0 Å². The second-order valence-electron chi connectivity index (χ2n) is 5.62. The van der Waals surface area contributed by atoms with Crippen molar-refractivity contribution in [3.05, 3.63) is 41.1 Å². The lowest BCUT2D eigenvalue weighted by Gasteiger charge is -2.31. The minimum Gasteiger partial charge on any atom is -0.368 e. The number of H-pyrrole nitrogens is 1. The molecule has 0 atom stereocenters. The fourth-order valence-corrected chi connectivity index (χ4v) is 3.28. The lowest BCUT2D eigenvalue weighted by molar-refractivity contribution is 0.716. The van der Waals surface area contributed by atoms with E-state index >= 15 is 0 Å². The predicted octanol–water partition coefficient (Wildman–Crippen LogP) is 2.06. The Hall–Kier alpha value is -2.63. The second-order valence-corrected chi connectivity index (χ2v) is 5.62. The molecule has 4 rings (SSSR count). The van der Waals surface area contributed by atoms with E-state index in [0.29, 0.717) is 5.65 Å². The predicted molar refractivity (Wildman–Crippen MR) is 86.7 cm³/mol. The molecule has 0 unspecified atom stereocenters. The van der Waals surface area contributed by atoms with Crippen molar-refractivity contribution in [1.82, 2.24) is 20.2 Å². The summed E-state index contributed by atoms with van der Waals surface area (Å²) in [6.07, 6.45) is 3.88. The molecule has 2 aromatic heterocycles. The maximum Gasteiger partial charge on any atom is 0.224 e. The molecule has 0 saturated heterocycles. The normalized spacial score (nSPS) is 14.3. The molecule has 0 bridgehead atoms. The summed E-state index contributed by atoms with van der Waals surface area (Å²) >= 11 is 0. The maximum atomic E-state index is 5.83. The lowest BCUT2D eigenvalue weighted by atomic mass is 9.93. The van der Waals surface area contributed by atoms with Crippen molar-refractivity contribution < 1.29 is 0 Å². The summed E-state index contributed by atoms with van der Waals surface area (Å²) in [4.78, 5) is 10.9. The first-order valence-electron chi connectivity index (χ1n) is 7.57. The van der Waals surface area contributed by atoms with Crippen LogP contribution in [0.4, 0.5) is 11.8 Å². The third-order valence-corrected chi connectivity index (χ3v) is 4.35. The number of nitrogens with zero attached hydrogens (tertiary/aromatic N) is 4. The molecule has 3 N–H and O–H groups in total. The van der Waals surface area contributed by atoms with Crippen LogP contribution in [0.5, 0.6) is 0 Å². The maximum absolute atomic E-state index is 5.83. The van der Waals surface area contributed by atoms with Crippen molar-refractivity contribution in [1.29, 1.82) is 0 Å². The molecule has 22 heavy (non-hydrogen) atoms. The van der Waals surface area contributed by atoms with Gasteiger partial charge in [-0.05, 0) is 29.5 Å². The van der Waals surface area contributed by atoms with Gasteiger partial charge in [-0.1, -0.05) is 25.1 Å². The van der Waals surface area contributed by atoms with Gasteiger partial charge < -0.3 is 10.6 Å². The zero-order valence-electron chi connectivity index (χ0n) is 12.5. The van der Waals surface area contributed by atoms with E-state index in [-0.39, 0.29) is 5.95 Å². The Morgan fingerprint density at radius 1 is 1.32 bits per heavy atom. The van der Waals surface area contributed by atoms with Crippen molar-refractivity contribution in [2.75, 3.05) is 17.2 Å². The number of anilines is 2. The van der Waals surface area contributed by atoms with E-state index < -0.39 is 0 Å². The number of nitrogen functional groups attached to an aromatic ring is 1. The highest BCUT2D eigenvalue weighted by Gasteiger charge is 2.22. The van der Waals surface area contributed by atoms with Gasteiger partial charge in [0.2, 0.25) is 5.95 Å². The molecular weight excluding hydrogens is 276 g/mol. The molecule has 3 heterocycles. The van der Waals surface area contributed by atoms with Crippen molar-refractivity contribution in [3.8, 4) is 0 Å². The zero-order chi connectivity index (χ0) is 15.1. The Balaban J connectivity index is 1.76. The summed E-state index contributed by atoms with van der Waals surface area (Å²) < 4.78 is 0. The standard InChI is InChI=1S/C16H18N6/c1-2-10-4-3-5-11-9-22(7-6-12(10)11)15-13-8-18-21-14(13)19-16(17)20-15/h3-5,8H,2,6-7,9H2,1H3,(H3,17,18,19,20,21). The van der Waals surface area contributed by atoms with E-state index in [4.69, 9.17) is 5.73 Å². The van der Waals surface area contributed by atoms with Gasteiger partial charge in [0.05, 0.1) is 11.6 Å². The first kappa shape index (κ1) is 13.1. The van der Waals surface area contributed by atoms with Gasteiger partial charge in [0.25, 0.3) is 0 Å². The Morgan fingerprint density at radius 2 is 2.23 bits per heavy atom. The zero-order valence-corrected chi connectivity index (χ0v) is 12.5. The van der Waals surface area contributed by atoms with E-state index in [1.54, 1.807) is 6.20 Å². The molecule has 6 nitrogen and oxygen atoms in total. The van der Waals surface area contributed by atoms with Gasteiger partial charge in [-0.2, -0.15) is 15.1 Å². The highest BCUT2D eigenvalue weighted by molar-refractivity contribution is 5.87. The summed E-state index contributed by atoms with van der Waals surface area (Å²) in [6, 6.07) is 6.58. The van der Waals surface area contributed by atoms with Gasteiger partial charge in [0, 0.05) is 13.1 Å². The number of nitrogens with one attached hydrogen (secondary N) is 1. The van der Waals surface area contributed by atoms with Crippen LogP contribution < -0.4 is 10.6 Å². The number of aromatic nitrogens is 4. The van der Waals surface area contributed by atoms with Crippen LogP contribution in [0.25, 0.3) is 11.0 Å². The van der Waals surface area contributed by atoms with E-state index in [0.717, 1.165) is 37.1 Å². The van der Waals surface area contributed by atoms with Crippen molar-refractivity contribution in [3.63, 3.8) is 0 Å². The second kappa shape index (κ2) is 4.98. The number of hydrogen-bond donors (Lipinski definition) is 2. The molecule has 112 valence electrons. The van der Waals surface area contributed by atoms with E-state index in [2.05, 4.69) is 50.2 Å². The van der Waals surface area contributed by atoms with Gasteiger partial charge in [0.1, 0.15) is 5.82 Å². The summed E-state index contributed by atoms with van der Waals surface area (Å²) in [5, 5.41) is 7.85. The number of aryl methyl sites for hydroxylation is 1. The summed E-state index contributed by atoms with van der Waals surface area (Å²) in [7, 11) is 0. The highest BCUT2D eigenvalue weighted by Crippen LogP contribution is 2.29. The number of hydrogen-bond acceptors (Lipinski definition) is 5. The average molecular weight is 294 g/mol. The molecule has 0 fully saturated rings. The fraction of sp³-hybridized carbons (Fsp3) is 0.312. The highest BCUT2D eigenvalue weighted by atomic mass is 15.2. The van der Waals surface area contributed by atoms with Crippen LogP contribution in [0.15, 0.2) is 24.4 Å². The van der Waals surface area contributed by atoms with Gasteiger partial charge in [-0.3, -0.25) is 5.10 Å². The van der Waals surface area contributed by atoms with Crippen LogP contribution in [0.1, 0.15) is 23.6 Å². The lowest BCUT2D eigenvalue weighted by Crippen LogP contribution is -2.32. The minimum atomic E-state index is 0.278. The smallest absolute Gasteiger partial charge is 0.224 e. The summed E-state index contributed by atoms with van der Waals surface area (Å²) in [6.45, 7) is 3.99. The fourth-order valence-electron chi connectivity index (χ4n) is 3.28. The first-order chi connectivity index (χ1) is 10.8. The van der Waals surface area contributed by atoms with E-state index in [9.17, 15) is 0 Å². The molecule has 6 heteroatoms. The average Bonchev–Trinajstić information content (AvgIpc) is 3.01. The van der Waals surface area contributed by atoms with E-state index in [1.807, 2.05) is 0 Å². The molecule has 0 radical (unpaired) electrons. The monoisotopic (exact) mass is 294 g/mol. The van der Waals surface area contributed by atoms with Crippen molar-refractivity contribution in [2.24, 2.45) is 0 Å². The minimum absolute atomic E-state index is 0.278. The number of benzene rings is 1. The SMILES string of the molecule is CCc1cccc2c1CCN(c1nc(N)nc3[nH]ncc13)C2.